The van der Waals surface area contributed by atoms with Crippen LogP contribution < -0.4 is 5.32 Å². The number of likely N-dealkylation sites (tertiary alicyclic amines) is 1. The number of carbonyl (C=O) groups excluding carboxylic acids is 2. The van der Waals surface area contributed by atoms with Crippen molar-refractivity contribution in [3.05, 3.63) is 90.3 Å². The van der Waals surface area contributed by atoms with E-state index in [1.54, 1.807) is 0 Å². The molecule has 1 N–H and O–H groups in total. The molecule has 0 spiro atoms. The molecule has 6 heteroatoms. The third kappa shape index (κ3) is 6.49. The lowest BCUT2D eigenvalue weighted by Gasteiger charge is -2.21. The maximum absolute atomic E-state index is 13.1. The van der Waals surface area contributed by atoms with E-state index in [1.807, 2.05) is 59.5 Å². The fourth-order valence-corrected chi connectivity index (χ4v) is 5.22. The molecule has 5 rings (SSSR count). The first kappa shape index (κ1) is 25.7. The number of imidazole rings is 1. The average Bonchev–Trinajstić information content (AvgIpc) is 3.10. The van der Waals surface area contributed by atoms with Crippen LogP contribution in [-0.4, -0.2) is 45.9 Å². The summed E-state index contributed by atoms with van der Waals surface area (Å²) in [5.74, 6) is 1.09. The molecule has 0 saturated carbocycles. The summed E-state index contributed by atoms with van der Waals surface area (Å²) in [6, 6.07) is 26.4. The molecule has 0 radical (unpaired) electrons. The van der Waals surface area contributed by atoms with Crippen LogP contribution in [0.2, 0.25) is 0 Å². The van der Waals surface area contributed by atoms with Crippen molar-refractivity contribution >= 4 is 22.8 Å². The summed E-state index contributed by atoms with van der Waals surface area (Å²) in [4.78, 5) is 32.5. The summed E-state index contributed by atoms with van der Waals surface area (Å²) in [5, 5.41) is 3.05. The third-order valence-corrected chi connectivity index (χ3v) is 7.31. The first-order valence-electron chi connectivity index (χ1n) is 13.8. The number of benzene rings is 3. The SMILES string of the molecule is O=C(Cc1ccc(-c2ccccc2)cc1)NCCCc1nc2ccccc2n1CC(=O)N1CCCCCC1. The van der Waals surface area contributed by atoms with Gasteiger partial charge in [0, 0.05) is 26.1 Å². The fraction of sp³-hybridized carbons (Fsp3) is 0.344. The lowest BCUT2D eigenvalue weighted by atomic mass is 10.0. The highest BCUT2D eigenvalue weighted by molar-refractivity contribution is 5.81. The summed E-state index contributed by atoms with van der Waals surface area (Å²) in [6.07, 6.45) is 6.40. The molecule has 2 heterocycles. The molecule has 38 heavy (non-hydrogen) atoms. The van der Waals surface area contributed by atoms with Crippen LogP contribution in [0.1, 0.15) is 43.5 Å². The maximum atomic E-state index is 13.1. The largest absolute Gasteiger partial charge is 0.356 e. The van der Waals surface area contributed by atoms with Crippen molar-refractivity contribution in [2.45, 2.75) is 51.5 Å². The van der Waals surface area contributed by atoms with Crippen molar-refractivity contribution in [2.24, 2.45) is 0 Å². The molecule has 0 aliphatic carbocycles. The van der Waals surface area contributed by atoms with Crippen molar-refractivity contribution in [1.82, 2.24) is 19.8 Å². The van der Waals surface area contributed by atoms with Gasteiger partial charge in [0.1, 0.15) is 12.4 Å². The molecule has 3 aromatic carbocycles. The van der Waals surface area contributed by atoms with Crippen molar-refractivity contribution in [3.63, 3.8) is 0 Å². The zero-order valence-electron chi connectivity index (χ0n) is 21.9. The van der Waals surface area contributed by atoms with Gasteiger partial charge in [-0.05, 0) is 48.1 Å². The number of hydrogen-bond donors (Lipinski definition) is 1. The number of aryl methyl sites for hydroxylation is 1. The quantitative estimate of drug-likeness (QED) is 0.308. The van der Waals surface area contributed by atoms with E-state index in [-0.39, 0.29) is 11.8 Å². The van der Waals surface area contributed by atoms with E-state index >= 15 is 0 Å². The van der Waals surface area contributed by atoms with Gasteiger partial charge in [-0.1, -0.05) is 79.6 Å². The van der Waals surface area contributed by atoms with E-state index in [2.05, 4.69) is 34.1 Å². The van der Waals surface area contributed by atoms with Crippen LogP contribution in [0, 0.1) is 0 Å². The maximum Gasteiger partial charge on any atom is 0.242 e. The lowest BCUT2D eigenvalue weighted by molar-refractivity contribution is -0.131. The number of amides is 2. The van der Waals surface area contributed by atoms with E-state index in [0.717, 1.165) is 60.3 Å². The highest BCUT2D eigenvalue weighted by Crippen LogP contribution is 2.20. The van der Waals surface area contributed by atoms with Gasteiger partial charge in [0.15, 0.2) is 0 Å². The van der Waals surface area contributed by atoms with E-state index in [9.17, 15) is 9.59 Å². The number of fused-ring (bicyclic) bond motifs is 1. The highest BCUT2D eigenvalue weighted by atomic mass is 16.2. The van der Waals surface area contributed by atoms with E-state index in [0.29, 0.717) is 25.9 Å². The summed E-state index contributed by atoms with van der Waals surface area (Å²) >= 11 is 0. The Hall–Kier alpha value is -3.93. The molecule has 1 fully saturated rings. The number of aromatic nitrogens is 2. The van der Waals surface area contributed by atoms with Crippen LogP contribution in [0.5, 0.6) is 0 Å². The van der Waals surface area contributed by atoms with Crippen molar-refractivity contribution in [1.29, 1.82) is 0 Å². The number of nitrogens with one attached hydrogen (secondary N) is 1. The minimum atomic E-state index is 0.0160. The topological polar surface area (TPSA) is 67.2 Å². The Morgan fingerprint density at radius 2 is 1.47 bits per heavy atom. The van der Waals surface area contributed by atoms with Crippen LogP contribution in [0.3, 0.4) is 0 Å². The van der Waals surface area contributed by atoms with Gasteiger partial charge in [-0.15, -0.1) is 0 Å². The Morgan fingerprint density at radius 3 is 2.24 bits per heavy atom. The first-order valence-corrected chi connectivity index (χ1v) is 13.8. The summed E-state index contributed by atoms with van der Waals surface area (Å²) in [6.45, 7) is 2.59. The van der Waals surface area contributed by atoms with Crippen LogP contribution in [0.4, 0.5) is 0 Å². The molecule has 1 aromatic heterocycles. The molecule has 0 bridgehead atoms. The van der Waals surface area contributed by atoms with E-state index in [4.69, 9.17) is 4.98 Å². The Bertz CT molecular complexity index is 1350. The molecule has 1 aliphatic heterocycles. The van der Waals surface area contributed by atoms with Crippen LogP contribution in [-0.2, 0) is 29.0 Å². The van der Waals surface area contributed by atoms with Crippen LogP contribution in [0.25, 0.3) is 22.2 Å². The van der Waals surface area contributed by atoms with Crippen molar-refractivity contribution in [3.8, 4) is 11.1 Å². The molecule has 6 nitrogen and oxygen atoms in total. The summed E-state index contributed by atoms with van der Waals surface area (Å²) in [7, 11) is 0. The molecule has 2 amide bonds. The van der Waals surface area contributed by atoms with Gasteiger partial charge in [0.05, 0.1) is 17.5 Å². The van der Waals surface area contributed by atoms with Crippen LogP contribution in [0.15, 0.2) is 78.9 Å². The predicted molar refractivity (Wildman–Crippen MR) is 152 cm³/mol. The third-order valence-electron chi connectivity index (χ3n) is 7.31. The van der Waals surface area contributed by atoms with Gasteiger partial charge in [0.25, 0.3) is 0 Å². The minimum Gasteiger partial charge on any atom is -0.356 e. The molecule has 0 unspecified atom stereocenters. The Labute approximate surface area is 224 Å². The van der Waals surface area contributed by atoms with Gasteiger partial charge in [-0.3, -0.25) is 9.59 Å². The number of para-hydroxylation sites is 2. The van der Waals surface area contributed by atoms with Crippen molar-refractivity contribution < 1.29 is 9.59 Å². The minimum absolute atomic E-state index is 0.0160. The molecular weight excluding hydrogens is 472 g/mol. The fourth-order valence-electron chi connectivity index (χ4n) is 5.22. The van der Waals surface area contributed by atoms with Gasteiger partial charge in [0.2, 0.25) is 11.8 Å². The molecule has 0 atom stereocenters. The van der Waals surface area contributed by atoms with Gasteiger partial charge >= 0.3 is 0 Å². The number of nitrogens with zero attached hydrogens (tertiary/aromatic N) is 3. The second-order valence-electron chi connectivity index (χ2n) is 10.1. The molecule has 1 saturated heterocycles. The lowest BCUT2D eigenvalue weighted by Crippen LogP contribution is -2.35. The zero-order valence-corrected chi connectivity index (χ0v) is 21.9. The average molecular weight is 509 g/mol. The second-order valence-corrected chi connectivity index (χ2v) is 10.1. The number of carbonyl (C=O) groups is 2. The number of hydrogen-bond acceptors (Lipinski definition) is 3. The number of rotatable bonds is 9. The molecular formula is C32H36N4O2. The van der Waals surface area contributed by atoms with E-state index in [1.165, 1.54) is 18.4 Å². The Morgan fingerprint density at radius 1 is 0.789 bits per heavy atom. The van der Waals surface area contributed by atoms with Crippen molar-refractivity contribution in [2.75, 3.05) is 19.6 Å². The standard InChI is InChI=1S/C32H36N4O2/c37-31(23-25-16-18-27(19-17-25)26-11-4-3-5-12-26)33-20-10-15-30-34-28-13-6-7-14-29(28)36(30)24-32(38)35-21-8-1-2-9-22-35/h3-7,11-14,16-19H,1-2,8-10,15,20-24H2,(H,33,37). The summed E-state index contributed by atoms with van der Waals surface area (Å²) in [5.41, 5.74) is 5.22. The summed E-state index contributed by atoms with van der Waals surface area (Å²) < 4.78 is 2.07. The molecule has 1 aliphatic rings. The van der Waals surface area contributed by atoms with Gasteiger partial charge < -0.3 is 14.8 Å². The predicted octanol–water partition coefficient (Wildman–Crippen LogP) is 5.40. The Balaban J connectivity index is 1.15. The normalized spacial score (nSPS) is 13.8. The second kappa shape index (κ2) is 12.5. The molecule has 196 valence electrons. The van der Waals surface area contributed by atoms with Gasteiger partial charge in [-0.25, -0.2) is 4.98 Å². The highest BCUT2D eigenvalue weighted by Gasteiger charge is 2.19. The van der Waals surface area contributed by atoms with Gasteiger partial charge in [-0.2, -0.15) is 0 Å². The Kier molecular flexibility index (Phi) is 8.49. The smallest absolute Gasteiger partial charge is 0.242 e. The first-order chi connectivity index (χ1) is 18.7. The van der Waals surface area contributed by atoms with E-state index < -0.39 is 0 Å². The van der Waals surface area contributed by atoms with Crippen LogP contribution >= 0.6 is 0 Å². The molecule has 4 aromatic rings. The monoisotopic (exact) mass is 508 g/mol. The zero-order chi connectivity index (χ0) is 26.2.